The van der Waals surface area contributed by atoms with Gasteiger partial charge in [0.2, 0.25) is 5.95 Å². The van der Waals surface area contributed by atoms with E-state index in [-0.39, 0.29) is 19.2 Å². The highest BCUT2D eigenvalue weighted by atomic mass is 16.5. The van der Waals surface area contributed by atoms with Gasteiger partial charge < -0.3 is 24.7 Å². The van der Waals surface area contributed by atoms with E-state index in [4.69, 9.17) is 24.7 Å². The number of anilines is 1. The molecule has 0 aliphatic rings. The fourth-order valence-corrected chi connectivity index (χ4v) is 3.61. The molecule has 2 aromatic carbocycles. The van der Waals surface area contributed by atoms with E-state index in [2.05, 4.69) is 20.3 Å². The standard InChI is InChI=1S/C24H22N6O4/c1-15-9-16(14-32-8-6-31)11-18(10-15)34-17-4-5-21-19(12-17)28-29-30(21)23-13-20(26-24(25)27-23)22-3-2-7-33-22/h2-5,7,9-13,31H,6,8,14H2,1H3,(H2,25,26,27). The molecule has 0 atom stereocenters. The molecular formula is C24H22N6O4. The molecule has 0 spiro atoms. The zero-order chi connectivity index (χ0) is 23.5. The van der Waals surface area contributed by atoms with Gasteiger partial charge in [0.1, 0.15) is 22.7 Å². The number of nitrogens with two attached hydrogens (primary N) is 1. The van der Waals surface area contributed by atoms with Crippen LogP contribution in [0.2, 0.25) is 0 Å². The number of nitrogens with zero attached hydrogens (tertiary/aromatic N) is 5. The van der Waals surface area contributed by atoms with Crippen molar-refractivity contribution in [3.8, 4) is 28.8 Å². The lowest BCUT2D eigenvalue weighted by Crippen LogP contribution is -2.05. The van der Waals surface area contributed by atoms with Crippen LogP contribution in [0.15, 0.2) is 65.3 Å². The number of nitrogen functional groups attached to an aromatic ring is 1. The second-order valence-corrected chi connectivity index (χ2v) is 7.63. The van der Waals surface area contributed by atoms with Gasteiger partial charge in [-0.3, -0.25) is 0 Å². The molecule has 172 valence electrons. The van der Waals surface area contributed by atoms with Crippen LogP contribution < -0.4 is 10.5 Å². The second-order valence-electron chi connectivity index (χ2n) is 7.63. The summed E-state index contributed by atoms with van der Waals surface area (Å²) in [5.41, 5.74) is 9.84. The molecule has 5 aromatic rings. The Bertz CT molecular complexity index is 1430. The Morgan fingerprint density at radius 1 is 1.06 bits per heavy atom. The van der Waals surface area contributed by atoms with Gasteiger partial charge in [-0.1, -0.05) is 11.3 Å². The Hall–Kier alpha value is -4.28. The molecule has 0 saturated heterocycles. The Labute approximate surface area is 194 Å². The van der Waals surface area contributed by atoms with Crippen LogP contribution in [0.5, 0.6) is 11.5 Å². The average molecular weight is 458 g/mol. The van der Waals surface area contributed by atoms with Crippen molar-refractivity contribution in [2.75, 3.05) is 18.9 Å². The van der Waals surface area contributed by atoms with Crippen LogP contribution in [0.1, 0.15) is 11.1 Å². The summed E-state index contributed by atoms with van der Waals surface area (Å²) in [6.45, 7) is 2.66. The Balaban J connectivity index is 1.42. The minimum Gasteiger partial charge on any atom is -0.463 e. The number of aliphatic hydroxyl groups excluding tert-OH is 1. The van der Waals surface area contributed by atoms with Gasteiger partial charge >= 0.3 is 0 Å². The third-order valence-electron chi connectivity index (χ3n) is 4.99. The molecule has 3 aromatic heterocycles. The van der Waals surface area contributed by atoms with Crippen molar-refractivity contribution in [3.63, 3.8) is 0 Å². The predicted molar refractivity (Wildman–Crippen MR) is 125 cm³/mol. The maximum Gasteiger partial charge on any atom is 0.222 e. The van der Waals surface area contributed by atoms with Gasteiger partial charge in [0.05, 0.1) is 31.6 Å². The lowest BCUT2D eigenvalue weighted by Gasteiger charge is -2.10. The topological polar surface area (TPSA) is 134 Å². The molecule has 10 heteroatoms. The van der Waals surface area contributed by atoms with Crippen molar-refractivity contribution in [2.24, 2.45) is 0 Å². The highest BCUT2D eigenvalue weighted by molar-refractivity contribution is 5.78. The van der Waals surface area contributed by atoms with Gasteiger partial charge in [-0.05, 0) is 54.4 Å². The van der Waals surface area contributed by atoms with Crippen LogP contribution in [0, 0.1) is 6.92 Å². The van der Waals surface area contributed by atoms with E-state index in [1.807, 2.05) is 37.3 Å². The summed E-state index contributed by atoms with van der Waals surface area (Å²) < 4.78 is 18.5. The fourth-order valence-electron chi connectivity index (χ4n) is 3.61. The van der Waals surface area contributed by atoms with Crippen molar-refractivity contribution in [3.05, 3.63) is 72.0 Å². The van der Waals surface area contributed by atoms with Gasteiger partial charge in [-0.2, -0.15) is 9.67 Å². The number of hydrogen-bond acceptors (Lipinski definition) is 9. The summed E-state index contributed by atoms with van der Waals surface area (Å²) in [7, 11) is 0. The Kier molecular flexibility index (Phi) is 5.90. The van der Waals surface area contributed by atoms with E-state index in [1.165, 1.54) is 0 Å². The number of aryl methyl sites for hydroxylation is 1. The molecule has 3 N–H and O–H groups in total. The van der Waals surface area contributed by atoms with E-state index in [0.717, 1.165) is 16.6 Å². The van der Waals surface area contributed by atoms with Gasteiger partial charge in [-0.15, -0.1) is 5.10 Å². The van der Waals surface area contributed by atoms with Crippen LogP contribution in [0.3, 0.4) is 0 Å². The smallest absolute Gasteiger partial charge is 0.222 e. The first-order valence-corrected chi connectivity index (χ1v) is 10.6. The number of ether oxygens (including phenoxy) is 2. The summed E-state index contributed by atoms with van der Waals surface area (Å²) >= 11 is 0. The fraction of sp³-hybridized carbons (Fsp3) is 0.167. The van der Waals surface area contributed by atoms with Crippen molar-refractivity contribution >= 4 is 17.0 Å². The molecule has 34 heavy (non-hydrogen) atoms. The van der Waals surface area contributed by atoms with Gasteiger partial charge in [-0.25, -0.2) is 4.98 Å². The SMILES string of the molecule is Cc1cc(COCCO)cc(Oc2ccc3c(c2)nnn3-c2cc(-c3ccco3)nc(N)n2)c1. The van der Waals surface area contributed by atoms with E-state index in [9.17, 15) is 0 Å². The molecule has 10 nitrogen and oxygen atoms in total. The average Bonchev–Trinajstić information content (AvgIpc) is 3.49. The highest BCUT2D eigenvalue weighted by Gasteiger charge is 2.14. The van der Waals surface area contributed by atoms with Crippen LogP contribution in [-0.4, -0.2) is 43.3 Å². The quantitative estimate of drug-likeness (QED) is 0.334. The molecule has 0 bridgehead atoms. The summed E-state index contributed by atoms with van der Waals surface area (Å²) in [5.74, 6) is 2.45. The third-order valence-corrected chi connectivity index (χ3v) is 4.99. The number of rotatable bonds is 8. The molecule has 0 amide bonds. The van der Waals surface area contributed by atoms with E-state index in [1.54, 1.807) is 35.2 Å². The molecular weight excluding hydrogens is 436 g/mol. The molecule has 5 rings (SSSR count). The number of furan rings is 1. The zero-order valence-electron chi connectivity index (χ0n) is 18.4. The highest BCUT2D eigenvalue weighted by Crippen LogP contribution is 2.28. The number of aliphatic hydroxyl groups is 1. The van der Waals surface area contributed by atoms with Crippen molar-refractivity contribution in [2.45, 2.75) is 13.5 Å². The third kappa shape index (κ3) is 4.58. The van der Waals surface area contributed by atoms with E-state index < -0.39 is 0 Å². The summed E-state index contributed by atoms with van der Waals surface area (Å²) in [4.78, 5) is 8.54. The first kappa shape index (κ1) is 21.6. The number of benzene rings is 2. The summed E-state index contributed by atoms with van der Waals surface area (Å²) in [6.07, 6.45) is 1.57. The Morgan fingerprint density at radius 2 is 1.97 bits per heavy atom. The van der Waals surface area contributed by atoms with Crippen LogP contribution in [0.4, 0.5) is 5.95 Å². The first-order valence-electron chi connectivity index (χ1n) is 10.6. The maximum atomic E-state index is 8.90. The van der Waals surface area contributed by atoms with Crippen molar-refractivity contribution in [1.82, 2.24) is 25.0 Å². The largest absolute Gasteiger partial charge is 0.463 e. The van der Waals surface area contributed by atoms with Crippen LogP contribution in [-0.2, 0) is 11.3 Å². The molecule has 0 aliphatic heterocycles. The summed E-state index contributed by atoms with van der Waals surface area (Å²) in [5, 5.41) is 17.4. The Morgan fingerprint density at radius 3 is 2.79 bits per heavy atom. The molecule has 0 aliphatic carbocycles. The van der Waals surface area contributed by atoms with Gasteiger partial charge in [0.25, 0.3) is 0 Å². The van der Waals surface area contributed by atoms with E-state index >= 15 is 0 Å². The number of hydrogen-bond donors (Lipinski definition) is 2. The van der Waals surface area contributed by atoms with Crippen LogP contribution >= 0.6 is 0 Å². The molecule has 0 saturated carbocycles. The van der Waals surface area contributed by atoms with Crippen LogP contribution in [0.25, 0.3) is 28.3 Å². The second kappa shape index (κ2) is 9.30. The number of fused-ring (bicyclic) bond motifs is 1. The normalized spacial score (nSPS) is 11.2. The molecule has 3 heterocycles. The lowest BCUT2D eigenvalue weighted by atomic mass is 10.1. The monoisotopic (exact) mass is 458 g/mol. The van der Waals surface area contributed by atoms with E-state index in [0.29, 0.717) is 40.9 Å². The minimum atomic E-state index is -0.0123. The maximum absolute atomic E-state index is 8.90. The van der Waals surface area contributed by atoms with Gasteiger partial charge in [0, 0.05) is 12.1 Å². The zero-order valence-corrected chi connectivity index (χ0v) is 18.4. The lowest BCUT2D eigenvalue weighted by molar-refractivity contribution is 0.0814. The van der Waals surface area contributed by atoms with Crippen molar-refractivity contribution in [1.29, 1.82) is 0 Å². The predicted octanol–water partition coefficient (Wildman–Crippen LogP) is 3.66. The van der Waals surface area contributed by atoms with Gasteiger partial charge in [0.15, 0.2) is 11.6 Å². The summed E-state index contributed by atoms with van der Waals surface area (Å²) in [6, 6.07) is 16.7. The molecule has 0 fully saturated rings. The molecule has 0 radical (unpaired) electrons. The minimum absolute atomic E-state index is 0.0123. The first-order chi connectivity index (χ1) is 16.6. The van der Waals surface area contributed by atoms with Crippen molar-refractivity contribution < 1.29 is 19.0 Å². The number of aromatic nitrogens is 5. The molecule has 0 unspecified atom stereocenters.